The van der Waals surface area contributed by atoms with Crippen LogP contribution in [0.2, 0.25) is 0 Å². The van der Waals surface area contributed by atoms with Crippen molar-refractivity contribution in [3.63, 3.8) is 0 Å². The second-order valence-corrected chi connectivity index (χ2v) is 3.96. The normalized spacial score (nSPS) is 12.7. The van der Waals surface area contributed by atoms with Crippen LogP contribution in [-0.2, 0) is 17.9 Å². The van der Waals surface area contributed by atoms with Gasteiger partial charge in [-0.1, -0.05) is 0 Å². The number of hydrogen-bond acceptors (Lipinski definition) is 5. The van der Waals surface area contributed by atoms with Crippen LogP contribution < -0.4 is 5.32 Å². The van der Waals surface area contributed by atoms with E-state index in [9.17, 15) is 5.11 Å². The molecule has 0 amide bonds. The van der Waals surface area contributed by atoms with Gasteiger partial charge in [0.15, 0.2) is 0 Å². The van der Waals surface area contributed by atoms with Crippen LogP contribution in [0.4, 0.5) is 0 Å². The van der Waals surface area contributed by atoms with Gasteiger partial charge in [0.25, 0.3) is 0 Å². The maximum atomic E-state index is 9.66. The zero-order valence-corrected chi connectivity index (χ0v) is 10.0. The van der Waals surface area contributed by atoms with Gasteiger partial charge in [-0.2, -0.15) is 0 Å². The van der Waals surface area contributed by atoms with Gasteiger partial charge in [0.1, 0.15) is 18.1 Å². The van der Waals surface area contributed by atoms with Gasteiger partial charge in [0, 0.05) is 6.54 Å². The van der Waals surface area contributed by atoms with E-state index in [-0.39, 0.29) is 6.61 Å². The number of rotatable bonds is 8. The van der Waals surface area contributed by atoms with E-state index in [1.807, 2.05) is 18.2 Å². The number of nitrogens with one attached hydrogen (secondary N) is 1. The lowest BCUT2D eigenvalue weighted by Gasteiger charge is -2.11. The zero-order chi connectivity index (χ0) is 12.6. The smallest absolute Gasteiger partial charge is 0.129 e. The highest BCUT2D eigenvalue weighted by molar-refractivity contribution is 4.97. The van der Waals surface area contributed by atoms with E-state index in [4.69, 9.17) is 13.6 Å². The zero-order valence-electron chi connectivity index (χ0n) is 10.0. The van der Waals surface area contributed by atoms with E-state index < -0.39 is 6.10 Å². The SMILES string of the molecule is OC(CNCc1ccco1)COCc1ccco1. The van der Waals surface area contributed by atoms with Crippen molar-refractivity contribution in [2.45, 2.75) is 19.3 Å². The lowest BCUT2D eigenvalue weighted by molar-refractivity contribution is 0.0224. The Bertz CT molecular complexity index is 370. The average Bonchev–Trinajstić information content (AvgIpc) is 3.01. The molecule has 1 atom stereocenters. The maximum absolute atomic E-state index is 9.66. The largest absolute Gasteiger partial charge is 0.468 e. The van der Waals surface area contributed by atoms with E-state index in [1.54, 1.807) is 18.6 Å². The summed E-state index contributed by atoms with van der Waals surface area (Å²) in [6.07, 6.45) is 2.68. The van der Waals surface area contributed by atoms with Crippen molar-refractivity contribution in [1.82, 2.24) is 5.32 Å². The molecule has 1 unspecified atom stereocenters. The topological polar surface area (TPSA) is 67.8 Å². The van der Waals surface area contributed by atoms with Gasteiger partial charge in [-0.05, 0) is 24.3 Å². The molecule has 0 spiro atoms. The molecule has 2 heterocycles. The molecule has 2 N–H and O–H groups in total. The van der Waals surface area contributed by atoms with Gasteiger partial charge < -0.3 is 24.0 Å². The predicted octanol–water partition coefficient (Wildman–Crippen LogP) is 1.54. The molecule has 0 bridgehead atoms. The van der Waals surface area contributed by atoms with Gasteiger partial charge in [-0.25, -0.2) is 0 Å². The van der Waals surface area contributed by atoms with Crippen molar-refractivity contribution in [2.24, 2.45) is 0 Å². The molecule has 18 heavy (non-hydrogen) atoms. The van der Waals surface area contributed by atoms with Crippen molar-refractivity contribution < 1.29 is 18.7 Å². The lowest BCUT2D eigenvalue weighted by atomic mass is 10.3. The Morgan fingerprint density at radius 2 is 1.89 bits per heavy atom. The molecular weight excluding hydrogens is 234 g/mol. The van der Waals surface area contributed by atoms with Crippen LogP contribution in [0, 0.1) is 0 Å². The van der Waals surface area contributed by atoms with Crippen LogP contribution in [0.15, 0.2) is 45.6 Å². The highest BCUT2D eigenvalue weighted by Crippen LogP contribution is 2.02. The van der Waals surface area contributed by atoms with Gasteiger partial charge >= 0.3 is 0 Å². The first kappa shape index (κ1) is 12.9. The van der Waals surface area contributed by atoms with Crippen molar-refractivity contribution in [1.29, 1.82) is 0 Å². The number of ether oxygens (including phenoxy) is 1. The first-order chi connectivity index (χ1) is 8.84. The first-order valence-electron chi connectivity index (χ1n) is 5.86. The molecule has 0 aromatic carbocycles. The summed E-state index contributed by atoms with van der Waals surface area (Å²) >= 11 is 0. The molecule has 0 aliphatic heterocycles. The molecule has 0 aliphatic rings. The standard InChI is InChI=1S/C13H17NO4/c15-11(7-14-8-12-3-1-5-17-12)9-16-10-13-4-2-6-18-13/h1-6,11,14-15H,7-10H2. The third-order valence-electron chi connectivity index (χ3n) is 2.39. The van der Waals surface area contributed by atoms with Gasteiger partial charge in [-0.3, -0.25) is 0 Å². The van der Waals surface area contributed by atoms with Crippen LogP contribution in [-0.4, -0.2) is 24.4 Å². The number of furan rings is 2. The van der Waals surface area contributed by atoms with Crippen LogP contribution in [0.25, 0.3) is 0 Å². The number of aliphatic hydroxyl groups is 1. The summed E-state index contributed by atoms with van der Waals surface area (Å²) in [5.41, 5.74) is 0. The van der Waals surface area contributed by atoms with Crippen molar-refractivity contribution >= 4 is 0 Å². The van der Waals surface area contributed by atoms with Crippen LogP contribution in [0.1, 0.15) is 11.5 Å². The highest BCUT2D eigenvalue weighted by atomic mass is 16.5. The summed E-state index contributed by atoms with van der Waals surface area (Å²) < 4.78 is 15.6. The lowest BCUT2D eigenvalue weighted by Crippen LogP contribution is -2.29. The minimum atomic E-state index is -0.546. The molecule has 0 saturated carbocycles. The minimum Gasteiger partial charge on any atom is -0.468 e. The second kappa shape index (κ2) is 7.00. The van der Waals surface area contributed by atoms with Crippen molar-refractivity contribution in [2.75, 3.05) is 13.2 Å². The quantitative estimate of drug-likeness (QED) is 0.745. The summed E-state index contributed by atoms with van der Waals surface area (Å²) in [6, 6.07) is 7.36. The average molecular weight is 251 g/mol. The molecule has 0 radical (unpaired) electrons. The molecule has 0 aliphatic carbocycles. The molecule has 2 rings (SSSR count). The summed E-state index contributed by atoms with van der Waals surface area (Å²) in [5.74, 6) is 1.60. The molecule has 5 nitrogen and oxygen atoms in total. The number of aliphatic hydroxyl groups excluding tert-OH is 1. The first-order valence-corrected chi connectivity index (χ1v) is 5.86. The van der Waals surface area contributed by atoms with Gasteiger partial charge in [-0.15, -0.1) is 0 Å². The van der Waals surface area contributed by atoms with Gasteiger partial charge in [0.05, 0.1) is 31.8 Å². The molecule has 98 valence electrons. The third-order valence-corrected chi connectivity index (χ3v) is 2.39. The Hall–Kier alpha value is -1.56. The summed E-state index contributed by atoms with van der Waals surface area (Å²) in [7, 11) is 0. The van der Waals surface area contributed by atoms with Gasteiger partial charge in [0.2, 0.25) is 0 Å². The maximum Gasteiger partial charge on any atom is 0.129 e. The fourth-order valence-corrected chi connectivity index (χ4v) is 1.52. The second-order valence-electron chi connectivity index (χ2n) is 3.96. The number of hydrogen-bond donors (Lipinski definition) is 2. The Balaban J connectivity index is 1.53. The van der Waals surface area contributed by atoms with Crippen molar-refractivity contribution in [3.8, 4) is 0 Å². The molecule has 5 heteroatoms. The van der Waals surface area contributed by atoms with Crippen molar-refractivity contribution in [3.05, 3.63) is 48.3 Å². The summed E-state index contributed by atoms with van der Waals surface area (Å²) in [4.78, 5) is 0. The monoisotopic (exact) mass is 251 g/mol. The Morgan fingerprint density at radius 3 is 2.56 bits per heavy atom. The third kappa shape index (κ3) is 4.37. The highest BCUT2D eigenvalue weighted by Gasteiger charge is 2.05. The Morgan fingerprint density at radius 1 is 1.17 bits per heavy atom. The minimum absolute atomic E-state index is 0.270. The fourth-order valence-electron chi connectivity index (χ4n) is 1.52. The summed E-state index contributed by atoms with van der Waals surface area (Å²) in [6.45, 7) is 1.70. The van der Waals surface area contributed by atoms with Crippen LogP contribution >= 0.6 is 0 Å². The molecule has 2 aromatic rings. The van der Waals surface area contributed by atoms with Crippen LogP contribution in [0.5, 0.6) is 0 Å². The molecular formula is C13H17NO4. The summed E-state index contributed by atoms with van der Waals surface area (Å²) in [5, 5.41) is 12.7. The molecule has 2 aromatic heterocycles. The Kier molecular flexibility index (Phi) is 5.01. The Labute approximate surface area is 105 Å². The fraction of sp³-hybridized carbons (Fsp3) is 0.385. The van der Waals surface area contributed by atoms with E-state index >= 15 is 0 Å². The molecule has 0 saturated heterocycles. The van der Waals surface area contributed by atoms with E-state index in [0.717, 1.165) is 11.5 Å². The predicted molar refractivity (Wildman–Crippen MR) is 64.8 cm³/mol. The van der Waals surface area contributed by atoms with E-state index in [1.165, 1.54) is 0 Å². The molecule has 0 fully saturated rings. The van der Waals surface area contributed by atoms with E-state index in [2.05, 4.69) is 5.32 Å². The van der Waals surface area contributed by atoms with Crippen LogP contribution in [0.3, 0.4) is 0 Å². The van der Waals surface area contributed by atoms with E-state index in [0.29, 0.717) is 19.7 Å².